The molecule has 1 aliphatic rings. The largest absolute Gasteiger partial charge is 0.288 e. The first-order chi connectivity index (χ1) is 6.29. The summed E-state index contributed by atoms with van der Waals surface area (Å²) in [5, 5.41) is 2.20. The van der Waals surface area contributed by atoms with E-state index in [1.165, 1.54) is 0 Å². The molecule has 0 fully saturated rings. The molecule has 0 unspecified atom stereocenters. The predicted molar refractivity (Wildman–Crippen MR) is 49.9 cm³/mol. The van der Waals surface area contributed by atoms with Crippen molar-refractivity contribution in [1.82, 2.24) is 5.32 Å². The zero-order valence-electron chi connectivity index (χ0n) is 7.20. The summed E-state index contributed by atoms with van der Waals surface area (Å²) in [7, 11) is 0. The van der Waals surface area contributed by atoms with Gasteiger partial charge in [0, 0.05) is 0 Å². The Morgan fingerprint density at radius 1 is 1.00 bits per heavy atom. The Hall–Kier alpha value is -1.11. The molecule has 1 aromatic rings. The second-order valence-corrected chi connectivity index (χ2v) is 2.33. The number of rotatable bonds is 0. The summed E-state index contributed by atoms with van der Waals surface area (Å²) in [6.07, 6.45) is 0. The van der Waals surface area contributed by atoms with Crippen LogP contribution in [0.2, 0.25) is 5.79 Å². The second kappa shape index (κ2) is 4.22. The molecule has 0 saturated carbocycles. The third-order valence-electron chi connectivity index (χ3n) is 1.64. The second-order valence-electron chi connectivity index (χ2n) is 2.33. The van der Waals surface area contributed by atoms with Gasteiger partial charge in [-0.3, -0.25) is 14.9 Å². The van der Waals surface area contributed by atoms with Crippen LogP contribution in [0.4, 0.5) is 0 Å². The molecule has 0 aromatic heterocycles. The van der Waals surface area contributed by atoms with Crippen molar-refractivity contribution in [3.05, 3.63) is 35.4 Å². The van der Waals surface area contributed by atoms with E-state index >= 15 is 0 Å². The van der Waals surface area contributed by atoms with Crippen LogP contribution in [0, 0.1) is 0 Å². The third kappa shape index (κ3) is 1.80. The third-order valence-corrected chi connectivity index (χ3v) is 1.64. The van der Waals surface area contributed by atoms with Gasteiger partial charge in [-0.2, -0.15) is 0 Å². The van der Waals surface area contributed by atoms with E-state index in [9.17, 15) is 9.59 Å². The Morgan fingerprint density at radius 3 is 1.77 bits per heavy atom. The van der Waals surface area contributed by atoms with Crippen molar-refractivity contribution in [3.8, 4) is 0 Å². The molecule has 3 nitrogen and oxygen atoms in total. The van der Waals surface area contributed by atoms with E-state index in [2.05, 4.69) is 21.6 Å². The Morgan fingerprint density at radius 2 is 1.38 bits per heavy atom. The predicted octanol–water partition coefficient (Wildman–Crippen LogP) is 0.773. The molecular weight excluding hydrogens is 181 g/mol. The molecule has 13 heavy (non-hydrogen) atoms. The highest BCUT2D eigenvalue weighted by Gasteiger charge is 2.25. The van der Waals surface area contributed by atoms with Gasteiger partial charge in [0.15, 0.2) is 0 Å². The summed E-state index contributed by atoms with van der Waals surface area (Å²) in [5.41, 5.74) is 0.940. The lowest BCUT2D eigenvalue weighted by Crippen LogP contribution is -2.19. The molecule has 1 N–H and O–H groups in total. The highest BCUT2D eigenvalue weighted by molar-refractivity contribution is 6.21. The van der Waals surface area contributed by atoms with E-state index < -0.39 is 0 Å². The van der Waals surface area contributed by atoms with E-state index in [1.54, 1.807) is 24.3 Å². The minimum Gasteiger partial charge on any atom is -0.288 e. The Balaban J connectivity index is 0.000000396. The van der Waals surface area contributed by atoms with Gasteiger partial charge in [-0.05, 0) is 12.1 Å². The molecule has 2 radical (unpaired) electrons. The fourth-order valence-electron chi connectivity index (χ4n) is 1.12. The smallest absolute Gasteiger partial charge is 0.258 e. The van der Waals surface area contributed by atoms with E-state index in [0.29, 0.717) is 11.1 Å². The van der Waals surface area contributed by atoms with E-state index in [0.717, 1.165) is 0 Å². The highest BCUT2D eigenvalue weighted by Crippen LogP contribution is 2.13. The molecule has 0 bridgehead atoms. The number of hydrogen-bond acceptors (Lipinski definition) is 2. The van der Waals surface area contributed by atoms with Crippen molar-refractivity contribution < 1.29 is 9.59 Å². The van der Waals surface area contributed by atoms with E-state index in [4.69, 9.17) is 0 Å². The Labute approximate surface area is 84.6 Å². The van der Waals surface area contributed by atoms with Crippen LogP contribution in [0.15, 0.2) is 24.3 Å². The van der Waals surface area contributed by atoms with Crippen LogP contribution in [0.1, 0.15) is 20.7 Å². The van der Waals surface area contributed by atoms with Crippen molar-refractivity contribution in [1.29, 1.82) is 0 Å². The minimum absolute atomic E-state index is 0.300. The summed E-state index contributed by atoms with van der Waals surface area (Å²) in [5.74, 6) is 1.32. The van der Waals surface area contributed by atoms with Crippen molar-refractivity contribution in [2.45, 2.75) is 5.79 Å². The van der Waals surface area contributed by atoms with Crippen molar-refractivity contribution in [2.24, 2.45) is 0 Å². The zero-order chi connectivity index (χ0) is 9.84. The summed E-state index contributed by atoms with van der Waals surface area (Å²) in [4.78, 5) is 21.9. The van der Waals surface area contributed by atoms with Gasteiger partial charge in [-0.1, -0.05) is 12.1 Å². The SMILES string of the molecule is O=C1NC(=O)c2ccccc21.[CH3][Al]. The first-order valence-electron chi connectivity index (χ1n) is 3.81. The number of carbonyl (C=O) groups is 2. The number of fused-ring (bicyclic) bond motifs is 1. The van der Waals surface area contributed by atoms with Gasteiger partial charge in [0.25, 0.3) is 11.8 Å². The Kier molecular flexibility index (Phi) is 3.24. The first kappa shape index (κ1) is 9.98. The van der Waals surface area contributed by atoms with E-state index in [-0.39, 0.29) is 11.8 Å². The van der Waals surface area contributed by atoms with Gasteiger partial charge in [0.05, 0.1) is 11.1 Å². The summed E-state index contributed by atoms with van der Waals surface area (Å²) in [6, 6.07) is 6.74. The molecule has 0 atom stereocenters. The topological polar surface area (TPSA) is 46.2 Å². The summed E-state index contributed by atoms with van der Waals surface area (Å²) >= 11 is 2.42. The van der Waals surface area contributed by atoms with Crippen LogP contribution in [-0.4, -0.2) is 28.1 Å². The lowest BCUT2D eigenvalue weighted by molar-refractivity contribution is 0.0879. The molecule has 1 heterocycles. The minimum atomic E-state index is -0.300. The number of hydrogen-bond donors (Lipinski definition) is 1. The maximum atomic E-state index is 10.9. The fourth-order valence-corrected chi connectivity index (χ4v) is 1.12. The van der Waals surface area contributed by atoms with Crippen molar-refractivity contribution in [3.63, 3.8) is 0 Å². The molecule has 0 spiro atoms. The van der Waals surface area contributed by atoms with Crippen LogP contribution in [0.25, 0.3) is 0 Å². The molecular formula is C9H8AlNO2. The Bertz CT molecular complexity index is 316. The normalized spacial score (nSPS) is 12.7. The molecule has 2 rings (SSSR count). The average Bonchev–Trinajstić information content (AvgIpc) is 2.47. The maximum absolute atomic E-state index is 10.9. The maximum Gasteiger partial charge on any atom is 0.258 e. The average molecular weight is 189 g/mol. The summed E-state index contributed by atoms with van der Waals surface area (Å²) in [6.45, 7) is 0. The number of amides is 2. The number of nitrogens with one attached hydrogen (secondary N) is 1. The van der Waals surface area contributed by atoms with Crippen LogP contribution >= 0.6 is 0 Å². The molecule has 0 saturated heterocycles. The van der Waals surface area contributed by atoms with Crippen molar-refractivity contribution in [2.75, 3.05) is 0 Å². The lowest BCUT2D eigenvalue weighted by atomic mass is 10.1. The molecule has 1 aromatic carbocycles. The lowest BCUT2D eigenvalue weighted by Gasteiger charge is -1.88. The first-order valence-corrected chi connectivity index (χ1v) is 4.97. The van der Waals surface area contributed by atoms with Gasteiger partial charge in [-0.15, -0.1) is 5.79 Å². The van der Waals surface area contributed by atoms with Crippen LogP contribution < -0.4 is 5.32 Å². The summed E-state index contributed by atoms with van der Waals surface area (Å²) < 4.78 is 0. The molecule has 4 heteroatoms. The van der Waals surface area contributed by atoms with Gasteiger partial charge >= 0.3 is 0 Å². The van der Waals surface area contributed by atoms with Crippen LogP contribution in [0.5, 0.6) is 0 Å². The quantitative estimate of drug-likeness (QED) is 0.484. The zero-order valence-corrected chi connectivity index (χ0v) is 8.36. The highest BCUT2D eigenvalue weighted by atomic mass is 27.0. The monoisotopic (exact) mass is 189 g/mol. The number of imide groups is 1. The van der Waals surface area contributed by atoms with Gasteiger partial charge < -0.3 is 0 Å². The number of carbonyl (C=O) groups excluding carboxylic acids is 2. The standard InChI is InChI=1S/C8H5NO2.CH3.Al/c10-7-5-3-1-2-4-6(5)8(11)9-7;;/h1-4H,(H,9,10,11);1H3;. The van der Waals surface area contributed by atoms with Gasteiger partial charge in [-0.25, -0.2) is 0 Å². The molecule has 64 valence electrons. The molecule has 1 aliphatic heterocycles. The molecule has 0 aliphatic carbocycles. The number of benzene rings is 1. The van der Waals surface area contributed by atoms with Gasteiger partial charge in [0.1, 0.15) is 16.3 Å². The van der Waals surface area contributed by atoms with E-state index in [1.807, 2.05) is 5.79 Å². The van der Waals surface area contributed by atoms with Crippen LogP contribution in [0.3, 0.4) is 0 Å². The molecule has 2 amide bonds. The van der Waals surface area contributed by atoms with Crippen molar-refractivity contribution >= 4 is 28.1 Å². The fraction of sp³-hybridized carbons (Fsp3) is 0.111. The van der Waals surface area contributed by atoms with Crippen LogP contribution in [-0.2, 0) is 0 Å². The van der Waals surface area contributed by atoms with Gasteiger partial charge in [0.2, 0.25) is 0 Å².